The Hall–Kier alpha value is -3.26. The quantitative estimate of drug-likeness (QED) is 0.619. The molecule has 2 amide bonds. The second-order valence-corrected chi connectivity index (χ2v) is 8.84. The molecule has 0 bridgehead atoms. The highest BCUT2D eigenvalue weighted by Crippen LogP contribution is 2.22. The van der Waals surface area contributed by atoms with Gasteiger partial charge in [0.15, 0.2) is 5.65 Å². The number of carbonyl (C=O) groups is 2. The zero-order valence-corrected chi connectivity index (χ0v) is 18.8. The second kappa shape index (κ2) is 9.08. The molecule has 0 radical (unpaired) electrons. The molecule has 8 nitrogen and oxygen atoms in total. The van der Waals surface area contributed by atoms with Gasteiger partial charge in [-0.3, -0.25) is 14.5 Å². The van der Waals surface area contributed by atoms with Crippen LogP contribution in [-0.2, 0) is 11.3 Å². The topological polar surface area (TPSA) is 106 Å². The largest absolute Gasteiger partial charge is 0.369 e. The first-order valence-corrected chi connectivity index (χ1v) is 11.1. The highest BCUT2D eigenvalue weighted by molar-refractivity contribution is 6.06. The maximum Gasteiger partial charge on any atom is 0.257 e. The summed E-state index contributed by atoms with van der Waals surface area (Å²) >= 11 is 0. The van der Waals surface area contributed by atoms with Crippen LogP contribution in [0.15, 0.2) is 36.5 Å². The van der Waals surface area contributed by atoms with E-state index in [4.69, 9.17) is 5.73 Å². The van der Waals surface area contributed by atoms with Crippen LogP contribution in [0.4, 0.5) is 5.69 Å². The molecule has 1 aliphatic rings. The van der Waals surface area contributed by atoms with Crippen molar-refractivity contribution in [3.8, 4) is 0 Å². The van der Waals surface area contributed by atoms with Crippen LogP contribution in [0.1, 0.15) is 54.3 Å². The molecule has 8 heteroatoms. The molecule has 1 saturated heterocycles. The molecule has 4 rings (SSSR count). The summed E-state index contributed by atoms with van der Waals surface area (Å²) in [4.78, 5) is 31.3. The summed E-state index contributed by atoms with van der Waals surface area (Å²) < 4.78 is 1.86. The van der Waals surface area contributed by atoms with Gasteiger partial charge in [-0.2, -0.15) is 5.10 Å². The first kappa shape index (κ1) is 22.0. The van der Waals surface area contributed by atoms with E-state index in [2.05, 4.69) is 34.1 Å². The fraction of sp³-hybridized carbons (Fsp3) is 0.417. The van der Waals surface area contributed by atoms with Crippen LogP contribution in [0.2, 0.25) is 0 Å². The number of nitrogens with two attached hydrogens (primary N) is 1. The van der Waals surface area contributed by atoms with Crippen LogP contribution in [0.5, 0.6) is 0 Å². The summed E-state index contributed by atoms with van der Waals surface area (Å²) in [6.45, 7) is 8.37. The molecular formula is C24H30N6O2. The molecule has 1 aliphatic heterocycles. The first-order valence-electron chi connectivity index (χ1n) is 11.1. The van der Waals surface area contributed by atoms with Crippen LogP contribution >= 0.6 is 0 Å². The summed E-state index contributed by atoms with van der Waals surface area (Å²) in [5, 5.41) is 8.20. The molecule has 1 atom stereocenters. The molecule has 0 saturated carbocycles. The Labute approximate surface area is 187 Å². The van der Waals surface area contributed by atoms with Crippen molar-refractivity contribution in [3.63, 3.8) is 0 Å². The summed E-state index contributed by atoms with van der Waals surface area (Å²) in [5.41, 5.74) is 9.33. The number of likely N-dealkylation sites (tertiary alicyclic amines) is 1. The molecule has 0 spiro atoms. The smallest absolute Gasteiger partial charge is 0.257 e. The van der Waals surface area contributed by atoms with E-state index in [1.807, 2.05) is 41.9 Å². The summed E-state index contributed by atoms with van der Waals surface area (Å²) in [5.74, 6) is -0.473. The molecule has 0 aliphatic carbocycles. The minimum Gasteiger partial charge on any atom is -0.369 e. The number of nitrogens with one attached hydrogen (secondary N) is 1. The molecule has 2 aromatic heterocycles. The number of hydrogen-bond acceptors (Lipinski definition) is 5. The van der Waals surface area contributed by atoms with Crippen molar-refractivity contribution in [1.29, 1.82) is 0 Å². The number of piperidine rings is 1. The maximum atomic E-state index is 12.9. The summed E-state index contributed by atoms with van der Waals surface area (Å²) in [6, 6.07) is 9.86. The third-order valence-corrected chi connectivity index (χ3v) is 6.02. The van der Waals surface area contributed by atoms with E-state index in [9.17, 15) is 9.59 Å². The van der Waals surface area contributed by atoms with Crippen molar-refractivity contribution in [2.75, 3.05) is 18.4 Å². The minimum absolute atomic E-state index is 0.0656. The van der Waals surface area contributed by atoms with Crippen molar-refractivity contribution in [3.05, 3.63) is 53.3 Å². The molecule has 168 valence electrons. The standard InChI is InChI=1S/C24H30N6O2/c1-15(2)30-23-19(12-26-30)11-21(16(3)27-23)24(32)28-20-8-6-17(7-9-20)13-29-10-4-5-18(14-29)22(25)31/h6-9,11-12,15,18H,4-5,10,13-14H2,1-3H3,(H2,25,31)(H,28,32). The molecule has 32 heavy (non-hydrogen) atoms. The van der Waals surface area contributed by atoms with Crippen molar-refractivity contribution < 1.29 is 9.59 Å². The third kappa shape index (κ3) is 4.65. The van der Waals surface area contributed by atoms with Gasteiger partial charge >= 0.3 is 0 Å². The average Bonchev–Trinajstić information content (AvgIpc) is 3.17. The van der Waals surface area contributed by atoms with E-state index in [-0.39, 0.29) is 23.8 Å². The van der Waals surface area contributed by atoms with E-state index in [1.165, 1.54) is 0 Å². The van der Waals surface area contributed by atoms with E-state index >= 15 is 0 Å². The maximum absolute atomic E-state index is 12.9. The van der Waals surface area contributed by atoms with Crippen LogP contribution in [0.25, 0.3) is 11.0 Å². The lowest BCUT2D eigenvalue weighted by molar-refractivity contribution is -0.123. The number of amides is 2. The number of benzene rings is 1. The number of hydrogen-bond donors (Lipinski definition) is 2. The normalized spacial score (nSPS) is 17.1. The molecule has 1 fully saturated rings. The Balaban J connectivity index is 1.43. The van der Waals surface area contributed by atoms with Gasteiger partial charge in [0.25, 0.3) is 5.91 Å². The average molecular weight is 435 g/mol. The number of nitrogens with zero attached hydrogens (tertiary/aromatic N) is 4. The highest BCUT2D eigenvalue weighted by Gasteiger charge is 2.23. The second-order valence-electron chi connectivity index (χ2n) is 8.84. The van der Waals surface area contributed by atoms with E-state index in [0.29, 0.717) is 17.8 Å². The Kier molecular flexibility index (Phi) is 6.23. The van der Waals surface area contributed by atoms with Crippen molar-refractivity contribution >= 4 is 28.5 Å². The first-order chi connectivity index (χ1) is 15.3. The fourth-order valence-corrected chi connectivity index (χ4v) is 4.25. The van der Waals surface area contributed by atoms with Gasteiger partial charge in [0.05, 0.1) is 23.4 Å². The molecule has 3 heterocycles. The number of anilines is 1. The predicted molar refractivity (Wildman–Crippen MR) is 124 cm³/mol. The summed E-state index contributed by atoms with van der Waals surface area (Å²) in [7, 11) is 0. The number of carbonyl (C=O) groups excluding carboxylic acids is 2. The van der Waals surface area contributed by atoms with E-state index < -0.39 is 0 Å². The molecule has 3 N–H and O–H groups in total. The van der Waals surface area contributed by atoms with Crippen LogP contribution in [0.3, 0.4) is 0 Å². The number of aryl methyl sites for hydroxylation is 1. The molecular weight excluding hydrogens is 404 g/mol. The van der Waals surface area contributed by atoms with Crippen molar-refractivity contribution in [2.24, 2.45) is 11.7 Å². The van der Waals surface area contributed by atoms with Gasteiger partial charge in [-0.15, -0.1) is 0 Å². The van der Waals surface area contributed by atoms with E-state index in [1.54, 1.807) is 6.20 Å². The lowest BCUT2D eigenvalue weighted by Gasteiger charge is -2.31. The van der Waals surface area contributed by atoms with Gasteiger partial charge in [0.1, 0.15) is 0 Å². The molecule has 1 aromatic carbocycles. The lowest BCUT2D eigenvalue weighted by atomic mass is 9.97. The Morgan fingerprint density at radius 1 is 1.25 bits per heavy atom. The zero-order chi connectivity index (χ0) is 22.8. The lowest BCUT2D eigenvalue weighted by Crippen LogP contribution is -2.40. The van der Waals surface area contributed by atoms with Crippen LogP contribution in [0, 0.1) is 12.8 Å². The summed E-state index contributed by atoms with van der Waals surface area (Å²) in [6.07, 6.45) is 3.60. The monoisotopic (exact) mass is 434 g/mol. The number of primary amides is 1. The van der Waals surface area contributed by atoms with Gasteiger partial charge in [-0.1, -0.05) is 12.1 Å². The van der Waals surface area contributed by atoms with Gasteiger partial charge in [-0.05, 0) is 63.9 Å². The SMILES string of the molecule is Cc1nc2c(cnn2C(C)C)cc1C(=O)Nc1ccc(CN2CCCC(C(N)=O)C2)cc1. The Morgan fingerprint density at radius 2 is 2.00 bits per heavy atom. The molecule has 1 unspecified atom stereocenters. The van der Waals surface area contributed by atoms with Crippen LogP contribution in [-0.4, -0.2) is 44.6 Å². The van der Waals surface area contributed by atoms with Crippen molar-refractivity contribution in [1.82, 2.24) is 19.7 Å². The van der Waals surface area contributed by atoms with Gasteiger partial charge in [0.2, 0.25) is 5.91 Å². The number of pyridine rings is 1. The van der Waals surface area contributed by atoms with Gasteiger partial charge in [0, 0.05) is 30.2 Å². The number of rotatable bonds is 6. The minimum atomic E-state index is -0.215. The van der Waals surface area contributed by atoms with Crippen LogP contribution < -0.4 is 11.1 Å². The highest BCUT2D eigenvalue weighted by atomic mass is 16.2. The zero-order valence-electron chi connectivity index (χ0n) is 18.8. The Morgan fingerprint density at radius 3 is 2.69 bits per heavy atom. The predicted octanol–water partition coefficient (Wildman–Crippen LogP) is 3.27. The van der Waals surface area contributed by atoms with Crippen molar-refractivity contribution in [2.45, 2.75) is 46.2 Å². The molecule has 3 aromatic rings. The van der Waals surface area contributed by atoms with Gasteiger partial charge < -0.3 is 11.1 Å². The fourth-order valence-electron chi connectivity index (χ4n) is 4.25. The van der Waals surface area contributed by atoms with Gasteiger partial charge in [-0.25, -0.2) is 9.67 Å². The number of fused-ring (bicyclic) bond motifs is 1. The Bertz CT molecular complexity index is 1140. The number of aromatic nitrogens is 3. The third-order valence-electron chi connectivity index (χ3n) is 6.02. The van der Waals surface area contributed by atoms with E-state index in [0.717, 1.165) is 48.2 Å².